The van der Waals surface area contributed by atoms with Gasteiger partial charge in [-0.25, -0.2) is 9.97 Å². The van der Waals surface area contributed by atoms with Gasteiger partial charge in [-0.1, -0.05) is 25.0 Å². The molecule has 1 aromatic heterocycles. The fraction of sp³-hybridized carbons (Fsp3) is 0.429. The zero-order chi connectivity index (χ0) is 11.8. The standard InChI is InChI=1S/C14H15BrN2/c1-9-16-13(10-5-2-3-6-10)11-7-4-8-12(15)14(11)17-9/h4,7-8,10H,2-3,5-6H2,1H3. The normalized spacial score (nSPS) is 16.8. The number of rotatable bonds is 1. The molecule has 0 saturated heterocycles. The second-order valence-electron chi connectivity index (χ2n) is 4.77. The van der Waals surface area contributed by atoms with E-state index >= 15 is 0 Å². The van der Waals surface area contributed by atoms with Crippen molar-refractivity contribution < 1.29 is 0 Å². The minimum absolute atomic E-state index is 0.633. The molecule has 1 aliphatic rings. The Bertz CT molecular complexity index is 559. The van der Waals surface area contributed by atoms with Crippen LogP contribution < -0.4 is 0 Å². The summed E-state index contributed by atoms with van der Waals surface area (Å²) in [5.74, 6) is 1.51. The Morgan fingerprint density at radius 3 is 2.71 bits per heavy atom. The summed E-state index contributed by atoms with van der Waals surface area (Å²) in [5.41, 5.74) is 2.31. The molecule has 1 heterocycles. The van der Waals surface area contributed by atoms with Crippen molar-refractivity contribution in [2.45, 2.75) is 38.5 Å². The van der Waals surface area contributed by atoms with Crippen molar-refractivity contribution in [2.75, 3.05) is 0 Å². The Labute approximate surface area is 110 Å². The van der Waals surface area contributed by atoms with Crippen LogP contribution in [-0.2, 0) is 0 Å². The predicted octanol–water partition coefficient (Wildman–Crippen LogP) is 4.36. The molecule has 1 fully saturated rings. The van der Waals surface area contributed by atoms with E-state index in [1.807, 2.05) is 13.0 Å². The quantitative estimate of drug-likeness (QED) is 0.780. The van der Waals surface area contributed by atoms with Gasteiger partial charge in [-0.2, -0.15) is 0 Å². The number of hydrogen-bond donors (Lipinski definition) is 0. The maximum absolute atomic E-state index is 4.69. The summed E-state index contributed by atoms with van der Waals surface area (Å²) < 4.78 is 1.07. The van der Waals surface area contributed by atoms with Crippen LogP contribution in [0.4, 0.5) is 0 Å². The third kappa shape index (κ3) is 1.97. The summed E-state index contributed by atoms with van der Waals surface area (Å²) in [4.78, 5) is 9.24. The van der Waals surface area contributed by atoms with Crippen LogP contribution in [0.25, 0.3) is 10.9 Å². The van der Waals surface area contributed by atoms with Gasteiger partial charge in [0.1, 0.15) is 5.82 Å². The van der Waals surface area contributed by atoms with Gasteiger partial charge in [-0.3, -0.25) is 0 Å². The van der Waals surface area contributed by atoms with Crippen LogP contribution in [0.15, 0.2) is 22.7 Å². The van der Waals surface area contributed by atoms with Crippen molar-refractivity contribution in [1.82, 2.24) is 9.97 Å². The molecule has 0 aliphatic heterocycles. The van der Waals surface area contributed by atoms with E-state index in [4.69, 9.17) is 4.98 Å². The lowest BCUT2D eigenvalue weighted by Gasteiger charge is -2.13. The van der Waals surface area contributed by atoms with Gasteiger partial charge in [0, 0.05) is 15.8 Å². The van der Waals surface area contributed by atoms with Gasteiger partial charge >= 0.3 is 0 Å². The molecule has 0 amide bonds. The van der Waals surface area contributed by atoms with Crippen LogP contribution in [0.2, 0.25) is 0 Å². The average Bonchev–Trinajstić information content (AvgIpc) is 2.83. The van der Waals surface area contributed by atoms with E-state index in [1.54, 1.807) is 0 Å². The number of halogens is 1. The largest absolute Gasteiger partial charge is 0.237 e. The van der Waals surface area contributed by atoms with E-state index in [-0.39, 0.29) is 0 Å². The van der Waals surface area contributed by atoms with Crippen LogP contribution in [0.5, 0.6) is 0 Å². The van der Waals surface area contributed by atoms with E-state index < -0.39 is 0 Å². The molecule has 0 atom stereocenters. The van der Waals surface area contributed by atoms with Crippen LogP contribution in [0, 0.1) is 6.92 Å². The van der Waals surface area contributed by atoms with E-state index in [0.717, 1.165) is 15.8 Å². The lowest BCUT2D eigenvalue weighted by atomic mass is 9.99. The summed E-state index contributed by atoms with van der Waals surface area (Å²) >= 11 is 3.58. The second-order valence-corrected chi connectivity index (χ2v) is 5.63. The van der Waals surface area contributed by atoms with Gasteiger partial charge in [-0.15, -0.1) is 0 Å². The summed E-state index contributed by atoms with van der Waals surface area (Å²) in [5, 5.41) is 1.22. The maximum Gasteiger partial charge on any atom is 0.126 e. The Kier molecular flexibility index (Phi) is 2.87. The van der Waals surface area contributed by atoms with Crippen molar-refractivity contribution in [2.24, 2.45) is 0 Å². The first-order chi connectivity index (χ1) is 8.25. The number of fused-ring (bicyclic) bond motifs is 1. The highest BCUT2D eigenvalue weighted by molar-refractivity contribution is 9.10. The van der Waals surface area contributed by atoms with Crippen LogP contribution in [-0.4, -0.2) is 9.97 Å². The van der Waals surface area contributed by atoms with Crippen LogP contribution in [0.1, 0.15) is 43.1 Å². The van der Waals surface area contributed by atoms with Crippen LogP contribution in [0.3, 0.4) is 0 Å². The van der Waals surface area contributed by atoms with Gasteiger partial charge < -0.3 is 0 Å². The van der Waals surface area contributed by atoms with Gasteiger partial charge in [0.25, 0.3) is 0 Å². The Morgan fingerprint density at radius 2 is 1.94 bits per heavy atom. The van der Waals surface area contributed by atoms with E-state index in [0.29, 0.717) is 5.92 Å². The summed E-state index contributed by atoms with van der Waals surface area (Å²) in [6.07, 6.45) is 5.22. The molecule has 17 heavy (non-hydrogen) atoms. The molecular formula is C14H15BrN2. The van der Waals surface area contributed by atoms with E-state index in [2.05, 4.69) is 33.0 Å². The molecule has 1 aromatic carbocycles. The molecular weight excluding hydrogens is 276 g/mol. The smallest absolute Gasteiger partial charge is 0.126 e. The maximum atomic E-state index is 4.69. The fourth-order valence-electron chi connectivity index (χ4n) is 2.77. The molecule has 88 valence electrons. The number of benzene rings is 1. The molecule has 2 nitrogen and oxygen atoms in total. The van der Waals surface area contributed by atoms with E-state index in [9.17, 15) is 0 Å². The second kappa shape index (κ2) is 4.37. The zero-order valence-electron chi connectivity index (χ0n) is 9.91. The number of aromatic nitrogens is 2. The molecule has 2 aromatic rings. The molecule has 0 radical (unpaired) electrons. The molecule has 0 unspecified atom stereocenters. The van der Waals surface area contributed by atoms with Gasteiger partial charge in [0.05, 0.1) is 11.2 Å². The predicted molar refractivity (Wildman–Crippen MR) is 73.2 cm³/mol. The van der Waals surface area contributed by atoms with E-state index in [1.165, 1.54) is 36.8 Å². The highest BCUT2D eigenvalue weighted by Crippen LogP contribution is 2.37. The van der Waals surface area contributed by atoms with Crippen molar-refractivity contribution in [3.63, 3.8) is 0 Å². The number of aryl methyl sites for hydroxylation is 1. The molecule has 3 heteroatoms. The minimum atomic E-state index is 0.633. The first-order valence-electron chi connectivity index (χ1n) is 6.18. The topological polar surface area (TPSA) is 25.8 Å². The zero-order valence-corrected chi connectivity index (χ0v) is 11.5. The molecule has 1 aliphatic carbocycles. The Morgan fingerprint density at radius 1 is 1.18 bits per heavy atom. The SMILES string of the molecule is Cc1nc(C2CCCC2)c2cccc(Br)c2n1. The van der Waals surface area contributed by atoms with Gasteiger partial charge in [-0.05, 0) is 41.8 Å². The van der Waals surface area contributed by atoms with Crippen molar-refractivity contribution in [3.05, 3.63) is 34.2 Å². The first kappa shape index (κ1) is 11.1. The highest BCUT2D eigenvalue weighted by Gasteiger charge is 2.21. The molecule has 0 spiro atoms. The molecule has 1 saturated carbocycles. The number of hydrogen-bond acceptors (Lipinski definition) is 2. The van der Waals surface area contributed by atoms with Crippen molar-refractivity contribution in [1.29, 1.82) is 0 Å². The van der Waals surface area contributed by atoms with Gasteiger partial charge in [0.2, 0.25) is 0 Å². The van der Waals surface area contributed by atoms with Crippen LogP contribution >= 0.6 is 15.9 Å². The lowest BCUT2D eigenvalue weighted by molar-refractivity contribution is 0.698. The summed E-state index contributed by atoms with van der Waals surface area (Å²) in [6, 6.07) is 6.27. The van der Waals surface area contributed by atoms with Crippen molar-refractivity contribution in [3.8, 4) is 0 Å². The number of nitrogens with zero attached hydrogens (tertiary/aromatic N) is 2. The molecule has 0 N–H and O–H groups in total. The van der Waals surface area contributed by atoms with Crippen molar-refractivity contribution >= 4 is 26.8 Å². The Hall–Kier alpha value is -0.960. The fourth-order valence-corrected chi connectivity index (χ4v) is 3.22. The first-order valence-corrected chi connectivity index (χ1v) is 6.98. The summed E-state index contributed by atoms with van der Waals surface area (Å²) in [7, 11) is 0. The third-order valence-electron chi connectivity index (χ3n) is 3.56. The highest BCUT2D eigenvalue weighted by atomic mass is 79.9. The molecule has 0 bridgehead atoms. The molecule has 3 rings (SSSR count). The average molecular weight is 291 g/mol. The monoisotopic (exact) mass is 290 g/mol. The number of para-hydroxylation sites is 1. The summed E-state index contributed by atoms with van der Waals surface area (Å²) in [6.45, 7) is 1.98. The Balaban J connectivity index is 2.25. The lowest BCUT2D eigenvalue weighted by Crippen LogP contribution is -2.02. The minimum Gasteiger partial charge on any atom is -0.237 e. The van der Waals surface area contributed by atoms with Gasteiger partial charge in [0.15, 0.2) is 0 Å². The third-order valence-corrected chi connectivity index (χ3v) is 4.20.